The van der Waals surface area contributed by atoms with Crippen LogP contribution in [0.3, 0.4) is 0 Å². The second-order valence-electron chi connectivity index (χ2n) is 4.86. The number of rotatable bonds is 6. The minimum absolute atomic E-state index is 0.0232. The largest absolute Gasteiger partial charge is 0.504 e. The van der Waals surface area contributed by atoms with E-state index in [0.717, 1.165) is 16.7 Å². The van der Waals surface area contributed by atoms with E-state index >= 15 is 0 Å². The van der Waals surface area contributed by atoms with Crippen LogP contribution in [0.4, 0.5) is 4.79 Å². The Labute approximate surface area is 162 Å². The van der Waals surface area contributed by atoms with Crippen LogP contribution in [0.5, 0.6) is 11.5 Å². The van der Waals surface area contributed by atoms with E-state index in [-0.39, 0.29) is 17.3 Å². The predicted octanol–water partition coefficient (Wildman–Crippen LogP) is 2.99. The number of nitrogens with zero attached hydrogens (tertiary/aromatic N) is 1. The van der Waals surface area contributed by atoms with Crippen LogP contribution in [0.25, 0.3) is 6.08 Å². The van der Waals surface area contributed by atoms with E-state index in [0.29, 0.717) is 21.5 Å². The van der Waals surface area contributed by atoms with E-state index in [1.807, 2.05) is 22.6 Å². The Kier molecular flexibility index (Phi) is 6.71. The Morgan fingerprint density at radius 1 is 1.32 bits per heavy atom. The first-order chi connectivity index (χ1) is 11.9. The van der Waals surface area contributed by atoms with Crippen LogP contribution < -0.4 is 4.74 Å². The number of halogens is 1. The van der Waals surface area contributed by atoms with Crippen molar-refractivity contribution in [1.29, 1.82) is 0 Å². The smallest absolute Gasteiger partial charge is 0.326 e. The standard InChI is InChI=1S/C16H16INO6S/c1-3-23-11-6-9(5-10(17)14(11)20)7-12-15(21)18(16(22)25-12)8-13(19)24-4-2/h5-7,20H,3-4,8H2,1-2H3. The first kappa shape index (κ1) is 19.6. The van der Waals surface area contributed by atoms with Crippen LogP contribution in [0.1, 0.15) is 19.4 Å². The molecule has 0 radical (unpaired) electrons. The van der Waals surface area contributed by atoms with Crippen molar-refractivity contribution in [3.05, 3.63) is 26.2 Å². The fourth-order valence-corrected chi connectivity index (χ4v) is 3.53. The topological polar surface area (TPSA) is 93.1 Å². The molecule has 1 heterocycles. The molecule has 9 heteroatoms. The summed E-state index contributed by atoms with van der Waals surface area (Å²) >= 11 is 2.70. The summed E-state index contributed by atoms with van der Waals surface area (Å²) in [5.74, 6) is -0.866. The van der Waals surface area contributed by atoms with Crippen molar-refractivity contribution in [2.75, 3.05) is 19.8 Å². The molecular formula is C16H16INO6S. The number of carbonyl (C=O) groups is 3. The van der Waals surface area contributed by atoms with Crippen LogP contribution in [0.15, 0.2) is 17.0 Å². The molecule has 7 nitrogen and oxygen atoms in total. The van der Waals surface area contributed by atoms with Gasteiger partial charge in [-0.2, -0.15) is 0 Å². The fraction of sp³-hybridized carbons (Fsp3) is 0.312. The number of phenols is 1. The number of aromatic hydroxyl groups is 1. The van der Waals surface area contributed by atoms with Gasteiger partial charge >= 0.3 is 5.97 Å². The summed E-state index contributed by atoms with van der Waals surface area (Å²) in [5.41, 5.74) is 0.604. The molecule has 134 valence electrons. The van der Waals surface area contributed by atoms with Gasteiger partial charge in [-0.1, -0.05) is 0 Å². The zero-order chi connectivity index (χ0) is 18.6. The van der Waals surface area contributed by atoms with Crippen molar-refractivity contribution >= 4 is 57.5 Å². The van der Waals surface area contributed by atoms with Gasteiger partial charge in [0.05, 0.1) is 21.7 Å². The third kappa shape index (κ3) is 4.66. The Hall–Kier alpha value is -1.75. The number of esters is 1. The van der Waals surface area contributed by atoms with Crippen molar-refractivity contribution in [2.24, 2.45) is 0 Å². The van der Waals surface area contributed by atoms with Crippen LogP contribution in [-0.4, -0.2) is 46.9 Å². The molecule has 0 bridgehead atoms. The third-order valence-corrected chi connectivity index (χ3v) is 4.84. The van der Waals surface area contributed by atoms with E-state index in [1.54, 1.807) is 26.0 Å². The minimum atomic E-state index is -0.635. The molecule has 0 saturated carbocycles. The van der Waals surface area contributed by atoms with Crippen molar-refractivity contribution < 1.29 is 29.0 Å². The lowest BCUT2D eigenvalue weighted by Gasteiger charge is -2.11. The molecule has 0 atom stereocenters. The zero-order valence-electron chi connectivity index (χ0n) is 13.6. The summed E-state index contributed by atoms with van der Waals surface area (Å²) in [6.45, 7) is 3.58. The summed E-state index contributed by atoms with van der Waals surface area (Å²) in [7, 11) is 0. The highest BCUT2D eigenvalue weighted by atomic mass is 127. The van der Waals surface area contributed by atoms with E-state index in [9.17, 15) is 19.5 Å². The Morgan fingerprint density at radius 3 is 2.68 bits per heavy atom. The summed E-state index contributed by atoms with van der Waals surface area (Å²) in [6, 6.07) is 3.25. The number of hydrogen-bond acceptors (Lipinski definition) is 7. The second kappa shape index (κ2) is 8.56. The Balaban J connectivity index is 2.26. The second-order valence-corrected chi connectivity index (χ2v) is 7.01. The molecule has 0 unspecified atom stereocenters. The number of thioether (sulfide) groups is 1. The molecule has 25 heavy (non-hydrogen) atoms. The molecular weight excluding hydrogens is 461 g/mol. The number of benzene rings is 1. The van der Waals surface area contributed by atoms with Crippen molar-refractivity contribution in [1.82, 2.24) is 4.90 Å². The van der Waals surface area contributed by atoms with Gasteiger partial charge in [0, 0.05) is 0 Å². The van der Waals surface area contributed by atoms with E-state index in [1.165, 1.54) is 6.08 Å². The molecule has 1 aromatic rings. The molecule has 1 N–H and O–H groups in total. The highest BCUT2D eigenvalue weighted by Crippen LogP contribution is 2.36. The van der Waals surface area contributed by atoms with Gasteiger partial charge in [-0.3, -0.25) is 19.3 Å². The lowest BCUT2D eigenvalue weighted by Crippen LogP contribution is -2.34. The molecule has 0 aliphatic carbocycles. The van der Waals surface area contributed by atoms with Gasteiger partial charge in [0.1, 0.15) is 6.54 Å². The highest BCUT2D eigenvalue weighted by Gasteiger charge is 2.36. The molecule has 1 aliphatic heterocycles. The molecule has 0 spiro atoms. The summed E-state index contributed by atoms with van der Waals surface area (Å²) in [5, 5.41) is 9.44. The molecule has 0 aromatic heterocycles. The van der Waals surface area contributed by atoms with E-state index in [4.69, 9.17) is 9.47 Å². The molecule has 1 aromatic carbocycles. The number of amides is 2. The van der Waals surface area contributed by atoms with E-state index in [2.05, 4.69) is 0 Å². The lowest BCUT2D eigenvalue weighted by atomic mass is 10.2. The van der Waals surface area contributed by atoms with Crippen LogP contribution in [0.2, 0.25) is 0 Å². The summed E-state index contributed by atoms with van der Waals surface area (Å²) < 4.78 is 10.7. The average Bonchev–Trinajstić information content (AvgIpc) is 2.80. The predicted molar refractivity (Wildman–Crippen MR) is 101 cm³/mol. The molecule has 1 saturated heterocycles. The van der Waals surface area contributed by atoms with Gasteiger partial charge in [0.25, 0.3) is 11.1 Å². The average molecular weight is 477 g/mol. The number of carbonyl (C=O) groups excluding carboxylic acids is 3. The van der Waals surface area contributed by atoms with Crippen molar-refractivity contribution in [3.63, 3.8) is 0 Å². The highest BCUT2D eigenvalue weighted by molar-refractivity contribution is 14.1. The Morgan fingerprint density at radius 2 is 2.04 bits per heavy atom. The SMILES string of the molecule is CCOC(=O)CN1C(=O)SC(=Cc2cc(I)c(O)c(OCC)c2)C1=O. The molecule has 2 rings (SSSR count). The normalized spacial score (nSPS) is 15.8. The van der Waals surface area contributed by atoms with Gasteiger partial charge in [-0.15, -0.1) is 0 Å². The summed E-state index contributed by atoms with van der Waals surface area (Å²) in [4.78, 5) is 36.9. The maximum absolute atomic E-state index is 12.3. The first-order valence-electron chi connectivity index (χ1n) is 7.43. The monoisotopic (exact) mass is 477 g/mol. The molecule has 1 fully saturated rings. The van der Waals surface area contributed by atoms with Crippen molar-refractivity contribution in [3.8, 4) is 11.5 Å². The quantitative estimate of drug-likeness (QED) is 0.383. The number of hydrogen-bond donors (Lipinski definition) is 1. The van der Waals surface area contributed by atoms with Gasteiger partial charge < -0.3 is 14.6 Å². The Bertz CT molecular complexity index is 748. The number of ether oxygens (including phenoxy) is 2. The van der Waals surface area contributed by atoms with Gasteiger partial charge in [0.15, 0.2) is 11.5 Å². The van der Waals surface area contributed by atoms with E-state index < -0.39 is 23.7 Å². The number of phenolic OH excluding ortho intramolecular Hbond substituents is 1. The minimum Gasteiger partial charge on any atom is -0.504 e. The van der Waals surface area contributed by atoms with Gasteiger partial charge in [0.2, 0.25) is 0 Å². The van der Waals surface area contributed by atoms with Crippen LogP contribution >= 0.6 is 34.4 Å². The summed E-state index contributed by atoms with van der Waals surface area (Å²) in [6.07, 6.45) is 1.53. The number of imide groups is 1. The molecule has 2 amide bonds. The third-order valence-electron chi connectivity index (χ3n) is 3.11. The van der Waals surface area contributed by atoms with Crippen LogP contribution in [0, 0.1) is 3.57 Å². The van der Waals surface area contributed by atoms with Gasteiger partial charge in [-0.05, 0) is 72.0 Å². The molecule has 1 aliphatic rings. The lowest BCUT2D eigenvalue weighted by molar-refractivity contribution is -0.145. The maximum atomic E-state index is 12.3. The fourth-order valence-electron chi connectivity index (χ4n) is 2.07. The maximum Gasteiger partial charge on any atom is 0.326 e. The van der Waals surface area contributed by atoms with Crippen molar-refractivity contribution in [2.45, 2.75) is 13.8 Å². The van der Waals surface area contributed by atoms with Gasteiger partial charge in [-0.25, -0.2) is 0 Å². The zero-order valence-corrected chi connectivity index (χ0v) is 16.5. The first-order valence-corrected chi connectivity index (χ1v) is 9.33. The van der Waals surface area contributed by atoms with Crippen LogP contribution in [-0.2, 0) is 14.3 Å².